The molecule has 1 N–H and O–H groups in total. The van der Waals surface area contributed by atoms with E-state index in [4.69, 9.17) is 0 Å². The monoisotopic (exact) mass is 437 g/mol. The Morgan fingerprint density at radius 1 is 1.12 bits per heavy atom. The van der Waals surface area contributed by atoms with E-state index in [0.29, 0.717) is 13.1 Å². The first-order chi connectivity index (χ1) is 15.3. The summed E-state index contributed by atoms with van der Waals surface area (Å²) in [6.07, 6.45) is 0. The predicted molar refractivity (Wildman–Crippen MR) is 121 cm³/mol. The third-order valence-electron chi connectivity index (χ3n) is 5.80. The minimum absolute atomic E-state index is 0.00556. The van der Waals surface area contributed by atoms with E-state index in [2.05, 4.69) is 4.90 Å². The molecule has 32 heavy (non-hydrogen) atoms. The first-order valence-electron chi connectivity index (χ1n) is 10.6. The summed E-state index contributed by atoms with van der Waals surface area (Å²) in [6.45, 7) is 8.55. The number of carbonyl (C=O) groups excluding carboxylic acids is 2. The van der Waals surface area contributed by atoms with Crippen LogP contribution in [0.5, 0.6) is 0 Å². The first kappa shape index (κ1) is 23.1. The lowest BCUT2D eigenvalue weighted by Gasteiger charge is -2.28. The second-order valence-corrected chi connectivity index (χ2v) is 7.74. The van der Waals surface area contributed by atoms with Crippen molar-refractivity contribution in [3.8, 4) is 0 Å². The van der Waals surface area contributed by atoms with Gasteiger partial charge < -0.3 is 14.9 Å². The van der Waals surface area contributed by atoms with Gasteiger partial charge in [-0.15, -0.1) is 0 Å². The van der Waals surface area contributed by atoms with Crippen LogP contribution in [-0.4, -0.2) is 57.7 Å². The van der Waals surface area contributed by atoms with Crippen molar-refractivity contribution in [1.82, 2.24) is 9.80 Å². The molecule has 1 amide bonds. The Bertz CT molecular complexity index is 1060. The van der Waals surface area contributed by atoms with Crippen molar-refractivity contribution < 1.29 is 19.6 Å². The molecule has 0 spiro atoms. The molecule has 8 heteroatoms. The van der Waals surface area contributed by atoms with Gasteiger partial charge in [0.05, 0.1) is 16.5 Å². The number of aryl methyl sites for hydroxylation is 1. The Kier molecular flexibility index (Phi) is 7.05. The number of hydrogen-bond donors (Lipinski definition) is 1. The van der Waals surface area contributed by atoms with Crippen molar-refractivity contribution >= 4 is 23.1 Å². The van der Waals surface area contributed by atoms with Crippen molar-refractivity contribution in [3.05, 3.63) is 80.9 Å². The van der Waals surface area contributed by atoms with Crippen molar-refractivity contribution in [2.45, 2.75) is 26.8 Å². The summed E-state index contributed by atoms with van der Waals surface area (Å²) in [5.74, 6) is -1.76. The average Bonchev–Trinajstić information content (AvgIpc) is 3.04. The normalized spacial score (nSPS) is 17.9. The average molecular weight is 437 g/mol. The SMILES string of the molecule is CCN(CC)CCN1C(=O)C(=O)/C(=C(\O)c2ccc([N+](=O)[O-])cc2)C1c1cccc(C)c1. The lowest BCUT2D eigenvalue weighted by atomic mass is 9.94. The van der Waals surface area contributed by atoms with E-state index in [0.717, 1.165) is 24.2 Å². The fourth-order valence-electron chi connectivity index (χ4n) is 3.98. The van der Waals surface area contributed by atoms with Gasteiger partial charge in [0, 0.05) is 30.8 Å². The number of nitrogens with zero attached hydrogens (tertiary/aromatic N) is 3. The van der Waals surface area contributed by atoms with E-state index in [1.807, 2.05) is 45.0 Å². The summed E-state index contributed by atoms with van der Waals surface area (Å²) >= 11 is 0. The van der Waals surface area contributed by atoms with Gasteiger partial charge in [0.25, 0.3) is 17.4 Å². The van der Waals surface area contributed by atoms with Gasteiger partial charge in [-0.05, 0) is 37.7 Å². The number of nitro groups is 1. The Morgan fingerprint density at radius 3 is 2.34 bits per heavy atom. The molecule has 1 aliphatic heterocycles. The van der Waals surface area contributed by atoms with Gasteiger partial charge in [0.2, 0.25) is 0 Å². The molecule has 1 atom stereocenters. The highest BCUT2D eigenvalue weighted by atomic mass is 16.6. The molecule has 8 nitrogen and oxygen atoms in total. The van der Waals surface area contributed by atoms with Crippen molar-refractivity contribution in [1.29, 1.82) is 0 Å². The molecule has 0 saturated carbocycles. The zero-order valence-corrected chi connectivity index (χ0v) is 18.4. The van der Waals surface area contributed by atoms with Crippen LogP contribution in [0.1, 0.15) is 36.6 Å². The predicted octanol–water partition coefficient (Wildman–Crippen LogP) is 3.67. The molecule has 0 radical (unpaired) electrons. The molecule has 3 rings (SSSR count). The number of likely N-dealkylation sites (N-methyl/N-ethyl adjacent to an activating group) is 1. The molecule has 168 valence electrons. The number of amides is 1. The molecule has 1 heterocycles. The maximum absolute atomic E-state index is 13.0. The Morgan fingerprint density at radius 2 is 1.78 bits per heavy atom. The van der Waals surface area contributed by atoms with Crippen LogP contribution in [0.4, 0.5) is 5.69 Å². The van der Waals surface area contributed by atoms with Crippen LogP contribution in [0, 0.1) is 17.0 Å². The van der Waals surface area contributed by atoms with Crippen LogP contribution in [0.25, 0.3) is 5.76 Å². The molecule has 1 fully saturated rings. The molecule has 1 saturated heterocycles. The highest BCUT2D eigenvalue weighted by molar-refractivity contribution is 6.46. The molecule has 0 aliphatic carbocycles. The quantitative estimate of drug-likeness (QED) is 0.222. The summed E-state index contributed by atoms with van der Waals surface area (Å²) in [5, 5.41) is 22.0. The fourth-order valence-corrected chi connectivity index (χ4v) is 3.98. The molecular weight excluding hydrogens is 410 g/mol. The summed E-state index contributed by atoms with van der Waals surface area (Å²) < 4.78 is 0. The van der Waals surface area contributed by atoms with Crippen LogP contribution in [0.15, 0.2) is 54.1 Å². The molecule has 2 aromatic carbocycles. The lowest BCUT2D eigenvalue weighted by molar-refractivity contribution is -0.384. The second-order valence-electron chi connectivity index (χ2n) is 7.74. The fraction of sp³-hybridized carbons (Fsp3) is 0.333. The molecule has 0 aromatic heterocycles. The Balaban J connectivity index is 2.09. The van der Waals surface area contributed by atoms with Gasteiger partial charge in [0.1, 0.15) is 5.76 Å². The summed E-state index contributed by atoms with van der Waals surface area (Å²) in [6, 6.07) is 12.0. The van der Waals surface area contributed by atoms with Gasteiger partial charge in [-0.25, -0.2) is 0 Å². The molecular formula is C24H27N3O5. The van der Waals surface area contributed by atoms with Crippen molar-refractivity contribution in [2.75, 3.05) is 26.2 Å². The number of benzene rings is 2. The number of ketones is 1. The smallest absolute Gasteiger partial charge is 0.295 e. The number of aliphatic hydroxyl groups is 1. The minimum atomic E-state index is -0.757. The van der Waals surface area contributed by atoms with Crippen LogP contribution in [0.3, 0.4) is 0 Å². The number of aliphatic hydroxyl groups excluding tert-OH is 1. The van der Waals surface area contributed by atoms with E-state index < -0.39 is 22.7 Å². The van der Waals surface area contributed by atoms with Crippen molar-refractivity contribution in [3.63, 3.8) is 0 Å². The summed E-state index contributed by atoms with van der Waals surface area (Å²) in [4.78, 5) is 40.1. The van der Waals surface area contributed by atoms with E-state index >= 15 is 0 Å². The number of Topliss-reactive ketones (excluding diaryl/α,β-unsaturated/α-hetero) is 1. The Hall–Kier alpha value is -3.52. The maximum atomic E-state index is 13.0. The van der Waals surface area contributed by atoms with Gasteiger partial charge >= 0.3 is 0 Å². The minimum Gasteiger partial charge on any atom is -0.507 e. The van der Waals surface area contributed by atoms with E-state index in [1.54, 1.807) is 0 Å². The summed E-state index contributed by atoms with van der Waals surface area (Å²) in [7, 11) is 0. The maximum Gasteiger partial charge on any atom is 0.295 e. The second kappa shape index (κ2) is 9.74. The number of carbonyl (C=O) groups is 2. The van der Waals surface area contributed by atoms with Crippen LogP contribution >= 0.6 is 0 Å². The number of nitro benzene ring substituents is 1. The number of likely N-dealkylation sites (tertiary alicyclic amines) is 1. The number of hydrogen-bond acceptors (Lipinski definition) is 6. The van der Waals surface area contributed by atoms with Crippen LogP contribution in [-0.2, 0) is 9.59 Å². The number of non-ortho nitro benzene ring substituents is 1. The molecule has 1 aliphatic rings. The Labute approximate surface area is 186 Å². The van der Waals surface area contributed by atoms with Gasteiger partial charge in [-0.3, -0.25) is 19.7 Å². The van der Waals surface area contributed by atoms with Gasteiger partial charge in [-0.2, -0.15) is 0 Å². The molecule has 2 aromatic rings. The lowest BCUT2D eigenvalue weighted by Crippen LogP contribution is -2.38. The zero-order valence-electron chi connectivity index (χ0n) is 18.4. The van der Waals surface area contributed by atoms with Crippen molar-refractivity contribution in [2.24, 2.45) is 0 Å². The standard InChI is InChI=1S/C24H27N3O5/c1-4-25(5-2)13-14-26-21(18-8-6-7-16(3)15-18)20(23(29)24(26)30)22(28)17-9-11-19(12-10-17)27(31)32/h6-12,15,21,28H,4-5,13-14H2,1-3H3/b22-20-. The number of rotatable bonds is 8. The van der Waals surface area contributed by atoms with E-state index in [1.165, 1.54) is 29.2 Å². The topological polar surface area (TPSA) is 104 Å². The largest absolute Gasteiger partial charge is 0.507 e. The third kappa shape index (κ3) is 4.55. The zero-order chi connectivity index (χ0) is 23.4. The molecule has 0 bridgehead atoms. The summed E-state index contributed by atoms with van der Waals surface area (Å²) in [5.41, 5.74) is 1.81. The third-order valence-corrected chi connectivity index (χ3v) is 5.80. The van der Waals surface area contributed by atoms with Crippen LogP contribution < -0.4 is 0 Å². The first-order valence-corrected chi connectivity index (χ1v) is 10.6. The van der Waals surface area contributed by atoms with E-state index in [9.17, 15) is 24.8 Å². The highest BCUT2D eigenvalue weighted by Crippen LogP contribution is 2.39. The van der Waals surface area contributed by atoms with Crippen LogP contribution in [0.2, 0.25) is 0 Å². The van der Waals surface area contributed by atoms with Gasteiger partial charge in [-0.1, -0.05) is 43.7 Å². The van der Waals surface area contributed by atoms with Gasteiger partial charge in [0.15, 0.2) is 0 Å². The molecule has 1 unspecified atom stereocenters. The van der Waals surface area contributed by atoms with E-state index in [-0.39, 0.29) is 22.6 Å². The highest BCUT2D eigenvalue weighted by Gasteiger charge is 2.46.